The van der Waals surface area contributed by atoms with E-state index in [0.29, 0.717) is 12.6 Å². The van der Waals surface area contributed by atoms with Crippen molar-refractivity contribution >= 4 is 21.8 Å². The fourth-order valence-electron chi connectivity index (χ4n) is 1.89. The monoisotopic (exact) mass is 293 g/mol. The number of carbonyl (C=O) groups is 1. The number of nitrogens with zero attached hydrogens (tertiary/aromatic N) is 1. The van der Waals surface area contributed by atoms with Crippen LogP contribution in [0.25, 0.3) is 0 Å². The first-order valence-electron chi connectivity index (χ1n) is 5.82. The summed E-state index contributed by atoms with van der Waals surface area (Å²) in [6.07, 6.45) is 4.02. The second kappa shape index (κ2) is 5.05. The normalized spacial score (nSPS) is 14.5. The molecule has 0 bridgehead atoms. The second-order valence-corrected chi connectivity index (χ2v) is 5.21. The molecule has 0 unspecified atom stereocenters. The summed E-state index contributed by atoms with van der Waals surface area (Å²) in [7, 11) is 0. The highest BCUT2D eigenvalue weighted by Crippen LogP contribution is 2.30. The predicted molar refractivity (Wildman–Crippen MR) is 73.1 cm³/mol. The van der Waals surface area contributed by atoms with Gasteiger partial charge in [0.1, 0.15) is 0 Å². The van der Waals surface area contributed by atoms with E-state index in [4.69, 9.17) is 0 Å². The lowest BCUT2D eigenvalue weighted by molar-refractivity contribution is 0.0761. The summed E-state index contributed by atoms with van der Waals surface area (Å²) < 4.78 is 0.903. The van der Waals surface area contributed by atoms with Crippen LogP contribution in [0.2, 0.25) is 0 Å². The molecule has 17 heavy (non-hydrogen) atoms. The van der Waals surface area contributed by atoms with Gasteiger partial charge >= 0.3 is 0 Å². The van der Waals surface area contributed by atoms with Gasteiger partial charge in [0.2, 0.25) is 0 Å². The molecule has 0 spiro atoms. The summed E-state index contributed by atoms with van der Waals surface area (Å²) in [4.78, 5) is 14.3. The molecule has 0 aromatic heterocycles. The largest absolute Gasteiger partial charge is 0.332 e. The molecule has 0 saturated heterocycles. The molecule has 0 atom stereocenters. The van der Waals surface area contributed by atoms with Gasteiger partial charge in [0.15, 0.2) is 0 Å². The van der Waals surface area contributed by atoms with Gasteiger partial charge in [-0.25, -0.2) is 0 Å². The van der Waals surface area contributed by atoms with Gasteiger partial charge in [-0.2, -0.15) is 0 Å². The Hall–Kier alpha value is -1.09. The minimum atomic E-state index is 0.1000. The third-order valence-electron chi connectivity index (χ3n) is 3.00. The van der Waals surface area contributed by atoms with Crippen LogP contribution in [0.3, 0.4) is 0 Å². The van der Waals surface area contributed by atoms with Gasteiger partial charge in [-0.3, -0.25) is 4.79 Å². The van der Waals surface area contributed by atoms with Crippen LogP contribution in [0.15, 0.2) is 35.3 Å². The van der Waals surface area contributed by atoms with Gasteiger partial charge < -0.3 is 4.90 Å². The lowest BCUT2D eigenvalue weighted by Gasteiger charge is -2.21. The topological polar surface area (TPSA) is 20.3 Å². The van der Waals surface area contributed by atoms with Crippen molar-refractivity contribution in [2.45, 2.75) is 25.8 Å². The lowest BCUT2D eigenvalue weighted by Crippen LogP contribution is -2.33. The highest BCUT2D eigenvalue weighted by Gasteiger charge is 2.32. The molecule has 1 aromatic rings. The Bertz CT molecular complexity index is 452. The molecular formula is C14H16BrNO. The predicted octanol–water partition coefficient (Wildman–Crippen LogP) is 3.55. The molecule has 0 N–H and O–H groups in total. The summed E-state index contributed by atoms with van der Waals surface area (Å²) in [5, 5.41) is 0. The van der Waals surface area contributed by atoms with Crippen LogP contribution in [0.4, 0.5) is 0 Å². The van der Waals surface area contributed by atoms with Crippen molar-refractivity contribution in [1.82, 2.24) is 4.90 Å². The van der Waals surface area contributed by atoms with Crippen molar-refractivity contribution in [3.05, 3.63) is 46.5 Å². The molecule has 0 radical (unpaired) electrons. The Morgan fingerprint density at radius 3 is 2.88 bits per heavy atom. The quantitative estimate of drug-likeness (QED) is 0.778. The van der Waals surface area contributed by atoms with Crippen LogP contribution >= 0.6 is 15.9 Å². The SMILES string of the molecule is C=CCN(C(=O)c1cccc(C)c1Br)C1CC1. The zero-order chi connectivity index (χ0) is 12.4. The zero-order valence-electron chi connectivity index (χ0n) is 9.95. The van der Waals surface area contributed by atoms with Crippen molar-refractivity contribution in [2.24, 2.45) is 0 Å². The summed E-state index contributed by atoms with van der Waals surface area (Å²) in [6.45, 7) is 6.35. The van der Waals surface area contributed by atoms with Crippen LogP contribution < -0.4 is 0 Å². The van der Waals surface area contributed by atoms with Crippen LogP contribution in [0, 0.1) is 6.92 Å². The minimum absolute atomic E-state index is 0.1000. The van der Waals surface area contributed by atoms with Gasteiger partial charge in [-0.15, -0.1) is 6.58 Å². The van der Waals surface area contributed by atoms with E-state index in [1.54, 1.807) is 6.08 Å². The van der Waals surface area contributed by atoms with E-state index < -0.39 is 0 Å². The maximum absolute atomic E-state index is 12.4. The van der Waals surface area contributed by atoms with E-state index in [2.05, 4.69) is 22.5 Å². The first kappa shape index (κ1) is 12.4. The molecule has 2 rings (SSSR count). The Morgan fingerprint density at radius 2 is 2.29 bits per heavy atom. The van der Waals surface area contributed by atoms with Crippen molar-refractivity contribution in [3.63, 3.8) is 0 Å². The molecule has 1 saturated carbocycles. The van der Waals surface area contributed by atoms with Gasteiger partial charge in [-0.05, 0) is 47.3 Å². The Balaban J connectivity index is 2.28. The van der Waals surface area contributed by atoms with E-state index in [1.807, 2.05) is 30.0 Å². The second-order valence-electron chi connectivity index (χ2n) is 4.41. The number of carbonyl (C=O) groups excluding carboxylic acids is 1. The molecule has 0 aliphatic heterocycles. The van der Waals surface area contributed by atoms with Crippen molar-refractivity contribution < 1.29 is 4.79 Å². The average molecular weight is 294 g/mol. The standard InChI is InChI=1S/C14H16BrNO/c1-3-9-16(11-7-8-11)14(17)12-6-4-5-10(2)13(12)15/h3-6,11H,1,7-9H2,2H3. The summed E-state index contributed by atoms with van der Waals surface area (Å²) in [5.41, 5.74) is 1.84. The number of benzene rings is 1. The van der Waals surface area contributed by atoms with Gasteiger partial charge in [0, 0.05) is 17.1 Å². The first-order valence-corrected chi connectivity index (χ1v) is 6.61. The van der Waals surface area contributed by atoms with Crippen LogP contribution in [0.5, 0.6) is 0 Å². The van der Waals surface area contributed by atoms with Crippen LogP contribution in [-0.2, 0) is 0 Å². The third kappa shape index (κ3) is 2.60. The van der Waals surface area contributed by atoms with Gasteiger partial charge in [0.25, 0.3) is 5.91 Å². The average Bonchev–Trinajstić information content (AvgIpc) is 3.13. The Labute approximate surface area is 110 Å². The van der Waals surface area contributed by atoms with E-state index in [9.17, 15) is 4.79 Å². The van der Waals surface area contributed by atoms with Crippen molar-refractivity contribution in [3.8, 4) is 0 Å². The third-order valence-corrected chi connectivity index (χ3v) is 4.05. The summed E-state index contributed by atoms with van der Waals surface area (Å²) in [6, 6.07) is 6.20. The molecule has 1 fully saturated rings. The molecule has 1 aromatic carbocycles. The van der Waals surface area contributed by atoms with E-state index in [0.717, 1.165) is 28.4 Å². The van der Waals surface area contributed by atoms with Gasteiger partial charge in [0.05, 0.1) is 5.56 Å². The zero-order valence-corrected chi connectivity index (χ0v) is 11.5. The first-order chi connectivity index (χ1) is 8.15. The van der Waals surface area contributed by atoms with Crippen molar-refractivity contribution in [2.75, 3.05) is 6.54 Å². The number of amides is 1. The lowest BCUT2D eigenvalue weighted by atomic mass is 10.1. The maximum Gasteiger partial charge on any atom is 0.255 e. The number of rotatable bonds is 4. The van der Waals surface area contributed by atoms with Crippen molar-refractivity contribution in [1.29, 1.82) is 0 Å². The van der Waals surface area contributed by atoms with E-state index in [-0.39, 0.29) is 5.91 Å². The molecule has 2 nitrogen and oxygen atoms in total. The molecule has 90 valence electrons. The Morgan fingerprint density at radius 1 is 1.59 bits per heavy atom. The molecule has 0 heterocycles. The van der Waals surface area contributed by atoms with Crippen LogP contribution in [-0.4, -0.2) is 23.4 Å². The maximum atomic E-state index is 12.4. The fourth-order valence-corrected chi connectivity index (χ4v) is 2.32. The number of aryl methyl sites for hydroxylation is 1. The molecule has 1 aliphatic carbocycles. The molecule has 1 aliphatic rings. The van der Waals surface area contributed by atoms with Gasteiger partial charge in [-0.1, -0.05) is 18.2 Å². The van der Waals surface area contributed by atoms with E-state index >= 15 is 0 Å². The number of halogens is 1. The van der Waals surface area contributed by atoms with Crippen LogP contribution in [0.1, 0.15) is 28.8 Å². The molecular weight excluding hydrogens is 278 g/mol. The summed E-state index contributed by atoms with van der Waals surface area (Å²) in [5.74, 6) is 0.1000. The smallest absolute Gasteiger partial charge is 0.255 e. The summed E-state index contributed by atoms with van der Waals surface area (Å²) >= 11 is 3.50. The Kier molecular flexibility index (Phi) is 3.67. The highest BCUT2D eigenvalue weighted by molar-refractivity contribution is 9.10. The van der Waals surface area contributed by atoms with E-state index in [1.165, 1.54) is 0 Å². The molecule has 3 heteroatoms. The number of hydrogen-bond acceptors (Lipinski definition) is 1. The fraction of sp³-hybridized carbons (Fsp3) is 0.357. The minimum Gasteiger partial charge on any atom is -0.332 e. The number of hydrogen-bond donors (Lipinski definition) is 0. The highest BCUT2D eigenvalue weighted by atomic mass is 79.9. The molecule has 1 amide bonds.